The summed E-state index contributed by atoms with van der Waals surface area (Å²) in [4.78, 5) is 16.5. The van der Waals surface area contributed by atoms with Gasteiger partial charge in [0.2, 0.25) is 0 Å². The lowest BCUT2D eigenvalue weighted by molar-refractivity contribution is 0.0913. The lowest BCUT2D eigenvalue weighted by Crippen LogP contribution is -2.38. The molecule has 0 unspecified atom stereocenters. The van der Waals surface area contributed by atoms with Gasteiger partial charge in [-0.25, -0.2) is 0 Å². The maximum Gasteiger partial charge on any atom is 0.251 e. The molecule has 1 amide bonds. The molecule has 0 aliphatic heterocycles. The lowest BCUT2D eigenvalue weighted by atomic mass is 9.86. The third kappa shape index (κ3) is 4.57. The second-order valence-electron chi connectivity index (χ2n) is 6.64. The van der Waals surface area contributed by atoms with E-state index in [4.69, 9.17) is 4.74 Å². The van der Waals surface area contributed by atoms with Crippen molar-refractivity contribution in [1.29, 1.82) is 0 Å². The monoisotopic (exact) mass is 340 g/mol. The van der Waals surface area contributed by atoms with Crippen LogP contribution in [0, 0.1) is 12.8 Å². The SMILES string of the molecule is Cc1ccc(C(=O)NC2CCC(CO)CC2)cc1Oc1ccncc1. The number of pyridine rings is 1. The molecule has 1 heterocycles. The Morgan fingerprint density at radius 2 is 1.92 bits per heavy atom. The quantitative estimate of drug-likeness (QED) is 0.874. The standard InChI is InChI=1S/C20H24N2O3/c1-14-2-5-16(12-19(14)25-18-8-10-21-11-9-18)20(24)22-17-6-3-15(13-23)4-7-17/h2,5,8-12,15,17,23H,3-4,6-7,13H2,1H3,(H,22,24). The molecule has 1 fully saturated rings. The number of hydrogen-bond donors (Lipinski definition) is 2. The Kier molecular flexibility index (Phi) is 5.66. The van der Waals surface area contributed by atoms with Gasteiger partial charge in [-0.3, -0.25) is 9.78 Å². The largest absolute Gasteiger partial charge is 0.457 e. The number of aliphatic hydroxyl groups excluding tert-OH is 1. The van der Waals surface area contributed by atoms with Gasteiger partial charge in [0.05, 0.1) is 0 Å². The predicted octanol–water partition coefficient (Wildman–Crippen LogP) is 3.46. The molecule has 1 saturated carbocycles. The summed E-state index contributed by atoms with van der Waals surface area (Å²) in [6, 6.07) is 9.25. The van der Waals surface area contributed by atoms with Crippen molar-refractivity contribution in [2.75, 3.05) is 6.61 Å². The Balaban J connectivity index is 1.66. The van der Waals surface area contributed by atoms with Crippen molar-refractivity contribution < 1.29 is 14.6 Å². The molecule has 0 radical (unpaired) electrons. The van der Waals surface area contributed by atoms with Gasteiger partial charge in [0.1, 0.15) is 11.5 Å². The molecule has 5 nitrogen and oxygen atoms in total. The number of aromatic nitrogens is 1. The van der Waals surface area contributed by atoms with Crippen LogP contribution in [-0.4, -0.2) is 28.6 Å². The Morgan fingerprint density at radius 1 is 1.20 bits per heavy atom. The maximum absolute atomic E-state index is 12.6. The zero-order valence-corrected chi connectivity index (χ0v) is 14.4. The number of nitrogens with one attached hydrogen (secondary N) is 1. The van der Waals surface area contributed by atoms with Crippen LogP contribution in [-0.2, 0) is 0 Å². The number of aryl methyl sites for hydroxylation is 1. The zero-order valence-electron chi connectivity index (χ0n) is 14.4. The van der Waals surface area contributed by atoms with Crippen molar-refractivity contribution in [3.8, 4) is 11.5 Å². The number of benzene rings is 1. The second kappa shape index (κ2) is 8.12. The molecular weight excluding hydrogens is 316 g/mol. The van der Waals surface area contributed by atoms with E-state index in [1.807, 2.05) is 19.1 Å². The number of rotatable bonds is 5. The molecule has 2 N–H and O–H groups in total. The van der Waals surface area contributed by atoms with Crippen molar-refractivity contribution in [3.05, 3.63) is 53.9 Å². The molecule has 132 valence electrons. The first-order chi connectivity index (χ1) is 12.2. The highest BCUT2D eigenvalue weighted by Crippen LogP contribution is 2.27. The van der Waals surface area contributed by atoms with Gasteiger partial charge in [0, 0.05) is 30.6 Å². The molecule has 0 atom stereocenters. The van der Waals surface area contributed by atoms with Gasteiger partial charge in [-0.1, -0.05) is 6.07 Å². The highest BCUT2D eigenvalue weighted by Gasteiger charge is 2.22. The molecule has 2 aromatic rings. The smallest absolute Gasteiger partial charge is 0.251 e. The van der Waals surface area contributed by atoms with Crippen LogP contribution in [0.2, 0.25) is 0 Å². The van der Waals surface area contributed by atoms with Crippen LogP contribution in [0.4, 0.5) is 0 Å². The van der Waals surface area contributed by atoms with E-state index in [9.17, 15) is 9.90 Å². The van der Waals surface area contributed by atoms with Crippen molar-refractivity contribution in [1.82, 2.24) is 10.3 Å². The van der Waals surface area contributed by atoms with Crippen LogP contribution in [0.15, 0.2) is 42.7 Å². The minimum atomic E-state index is -0.0768. The maximum atomic E-state index is 12.6. The van der Waals surface area contributed by atoms with Crippen molar-refractivity contribution in [2.45, 2.75) is 38.6 Å². The first-order valence-electron chi connectivity index (χ1n) is 8.76. The van der Waals surface area contributed by atoms with Crippen LogP contribution < -0.4 is 10.1 Å². The molecule has 1 aromatic heterocycles. The number of amides is 1. The van der Waals surface area contributed by atoms with E-state index in [-0.39, 0.29) is 18.6 Å². The van der Waals surface area contributed by atoms with Gasteiger partial charge in [0.25, 0.3) is 5.91 Å². The number of carbonyl (C=O) groups is 1. The van der Waals surface area contributed by atoms with Gasteiger partial charge < -0.3 is 15.2 Å². The fourth-order valence-corrected chi connectivity index (χ4v) is 3.14. The van der Waals surface area contributed by atoms with Gasteiger partial charge in [-0.2, -0.15) is 0 Å². The number of nitrogens with zero attached hydrogens (tertiary/aromatic N) is 1. The minimum Gasteiger partial charge on any atom is -0.457 e. The van der Waals surface area contributed by atoms with E-state index in [1.165, 1.54) is 0 Å². The molecule has 1 aromatic carbocycles. The van der Waals surface area contributed by atoms with Gasteiger partial charge >= 0.3 is 0 Å². The highest BCUT2D eigenvalue weighted by molar-refractivity contribution is 5.95. The predicted molar refractivity (Wildman–Crippen MR) is 95.8 cm³/mol. The summed E-state index contributed by atoms with van der Waals surface area (Å²) in [6.45, 7) is 2.20. The summed E-state index contributed by atoms with van der Waals surface area (Å²) in [5.41, 5.74) is 1.57. The number of hydrogen-bond acceptors (Lipinski definition) is 4. The average Bonchev–Trinajstić information content (AvgIpc) is 2.65. The van der Waals surface area contributed by atoms with E-state index in [1.54, 1.807) is 30.6 Å². The average molecular weight is 340 g/mol. The van der Waals surface area contributed by atoms with Crippen LogP contribution in [0.1, 0.15) is 41.6 Å². The van der Waals surface area contributed by atoms with E-state index < -0.39 is 0 Å². The van der Waals surface area contributed by atoms with E-state index in [0.717, 1.165) is 31.2 Å². The molecule has 0 bridgehead atoms. The minimum absolute atomic E-state index is 0.0768. The zero-order chi connectivity index (χ0) is 17.6. The number of ether oxygens (including phenoxy) is 1. The van der Waals surface area contributed by atoms with E-state index >= 15 is 0 Å². The number of aliphatic hydroxyl groups is 1. The van der Waals surface area contributed by atoms with Crippen LogP contribution in [0.25, 0.3) is 0 Å². The van der Waals surface area contributed by atoms with Crippen molar-refractivity contribution >= 4 is 5.91 Å². The van der Waals surface area contributed by atoms with E-state index in [0.29, 0.717) is 23.0 Å². The van der Waals surface area contributed by atoms with Crippen LogP contribution in [0.3, 0.4) is 0 Å². The molecule has 0 spiro atoms. The Bertz CT molecular complexity index is 710. The van der Waals surface area contributed by atoms with E-state index in [2.05, 4.69) is 10.3 Å². The van der Waals surface area contributed by atoms with Crippen molar-refractivity contribution in [3.63, 3.8) is 0 Å². The Labute approximate surface area is 148 Å². The summed E-state index contributed by atoms with van der Waals surface area (Å²) in [7, 11) is 0. The van der Waals surface area contributed by atoms with Gasteiger partial charge in [-0.05, 0) is 68.4 Å². The van der Waals surface area contributed by atoms with Gasteiger partial charge in [0.15, 0.2) is 0 Å². The third-order valence-electron chi connectivity index (χ3n) is 4.77. The topological polar surface area (TPSA) is 71.5 Å². The second-order valence-corrected chi connectivity index (χ2v) is 6.64. The molecule has 25 heavy (non-hydrogen) atoms. The Morgan fingerprint density at radius 3 is 2.60 bits per heavy atom. The first kappa shape index (κ1) is 17.4. The van der Waals surface area contributed by atoms with Crippen molar-refractivity contribution in [2.24, 2.45) is 5.92 Å². The summed E-state index contributed by atoms with van der Waals surface area (Å²) in [6.07, 6.45) is 7.11. The first-order valence-corrected chi connectivity index (χ1v) is 8.76. The fourth-order valence-electron chi connectivity index (χ4n) is 3.14. The third-order valence-corrected chi connectivity index (χ3v) is 4.77. The summed E-state index contributed by atoms with van der Waals surface area (Å²) in [5, 5.41) is 12.3. The number of carbonyl (C=O) groups excluding carboxylic acids is 1. The molecule has 3 rings (SSSR count). The Hall–Kier alpha value is -2.40. The van der Waals surface area contributed by atoms with Crippen LogP contribution >= 0.6 is 0 Å². The normalized spacial score (nSPS) is 20.1. The van der Waals surface area contributed by atoms with Gasteiger partial charge in [-0.15, -0.1) is 0 Å². The molecule has 0 saturated heterocycles. The molecular formula is C20H24N2O3. The molecule has 1 aliphatic carbocycles. The summed E-state index contributed by atoms with van der Waals surface area (Å²) >= 11 is 0. The summed E-state index contributed by atoms with van der Waals surface area (Å²) < 4.78 is 5.87. The fraction of sp³-hybridized carbons (Fsp3) is 0.400. The molecule has 1 aliphatic rings. The molecule has 5 heteroatoms. The summed E-state index contributed by atoms with van der Waals surface area (Å²) in [5.74, 6) is 1.67. The lowest BCUT2D eigenvalue weighted by Gasteiger charge is -2.28. The van der Waals surface area contributed by atoms with Crippen LogP contribution in [0.5, 0.6) is 11.5 Å². The highest BCUT2D eigenvalue weighted by atomic mass is 16.5.